The summed E-state index contributed by atoms with van der Waals surface area (Å²) in [4.78, 5) is 11.8. The summed E-state index contributed by atoms with van der Waals surface area (Å²) in [5, 5.41) is 2.65. The molecule has 0 saturated heterocycles. The summed E-state index contributed by atoms with van der Waals surface area (Å²) >= 11 is 0. The smallest absolute Gasteiger partial charge is 0.228 e. The first-order chi connectivity index (χ1) is 9.17. The quantitative estimate of drug-likeness (QED) is 0.916. The standard InChI is InChI=1S/C15H14FNO2/c1-19-14-7-5-11(6-8-14)9-15(18)17-13-4-2-3-12(16)10-13/h2-8,10H,9H2,1H3,(H,17,18). The van der Waals surface area contributed by atoms with Crippen LogP contribution < -0.4 is 10.1 Å². The second kappa shape index (κ2) is 6.00. The van der Waals surface area contributed by atoms with Crippen LogP contribution in [0.1, 0.15) is 5.56 Å². The fourth-order valence-electron chi connectivity index (χ4n) is 1.70. The Kier molecular flexibility index (Phi) is 4.13. The molecule has 0 aliphatic rings. The molecular weight excluding hydrogens is 245 g/mol. The van der Waals surface area contributed by atoms with Crippen molar-refractivity contribution in [3.63, 3.8) is 0 Å². The number of methoxy groups -OCH3 is 1. The summed E-state index contributed by atoms with van der Waals surface area (Å²) in [6, 6.07) is 13.1. The van der Waals surface area contributed by atoms with Crippen LogP contribution >= 0.6 is 0 Å². The van der Waals surface area contributed by atoms with E-state index in [0.717, 1.165) is 11.3 Å². The fourth-order valence-corrected chi connectivity index (χ4v) is 1.70. The number of nitrogens with one attached hydrogen (secondary N) is 1. The second-order valence-corrected chi connectivity index (χ2v) is 4.08. The molecule has 0 saturated carbocycles. The van der Waals surface area contributed by atoms with Gasteiger partial charge >= 0.3 is 0 Å². The number of hydrogen-bond donors (Lipinski definition) is 1. The minimum absolute atomic E-state index is 0.184. The fraction of sp³-hybridized carbons (Fsp3) is 0.133. The van der Waals surface area contributed by atoms with Crippen molar-refractivity contribution in [3.8, 4) is 5.75 Å². The average molecular weight is 259 g/mol. The van der Waals surface area contributed by atoms with Crippen LogP contribution in [-0.4, -0.2) is 13.0 Å². The van der Waals surface area contributed by atoms with Gasteiger partial charge in [-0.3, -0.25) is 4.79 Å². The second-order valence-electron chi connectivity index (χ2n) is 4.08. The molecule has 0 aliphatic heterocycles. The predicted molar refractivity (Wildman–Crippen MR) is 71.7 cm³/mol. The molecule has 0 unspecified atom stereocenters. The van der Waals surface area contributed by atoms with Crippen LogP contribution in [0.5, 0.6) is 5.75 Å². The van der Waals surface area contributed by atoms with Crippen LogP contribution in [0.25, 0.3) is 0 Å². The van der Waals surface area contributed by atoms with Gasteiger partial charge in [0, 0.05) is 5.69 Å². The van der Waals surface area contributed by atoms with Crippen molar-refractivity contribution in [2.75, 3.05) is 12.4 Å². The zero-order valence-electron chi connectivity index (χ0n) is 10.5. The van der Waals surface area contributed by atoms with Gasteiger partial charge in [0.05, 0.1) is 13.5 Å². The Bertz CT molecular complexity index is 567. The van der Waals surface area contributed by atoms with Crippen molar-refractivity contribution < 1.29 is 13.9 Å². The third-order valence-corrected chi connectivity index (χ3v) is 2.63. The lowest BCUT2D eigenvalue weighted by Gasteiger charge is -2.06. The first-order valence-electron chi connectivity index (χ1n) is 5.86. The first kappa shape index (κ1) is 13.1. The molecule has 0 radical (unpaired) electrons. The molecule has 4 heteroatoms. The number of carbonyl (C=O) groups is 1. The highest BCUT2D eigenvalue weighted by Crippen LogP contribution is 2.13. The summed E-state index contributed by atoms with van der Waals surface area (Å²) in [7, 11) is 1.59. The summed E-state index contributed by atoms with van der Waals surface area (Å²) in [6.45, 7) is 0. The maximum Gasteiger partial charge on any atom is 0.228 e. The lowest BCUT2D eigenvalue weighted by molar-refractivity contribution is -0.115. The number of halogens is 1. The monoisotopic (exact) mass is 259 g/mol. The Morgan fingerprint density at radius 1 is 1.21 bits per heavy atom. The van der Waals surface area contributed by atoms with Crippen molar-refractivity contribution in [2.24, 2.45) is 0 Å². The number of rotatable bonds is 4. The molecule has 19 heavy (non-hydrogen) atoms. The zero-order valence-corrected chi connectivity index (χ0v) is 10.5. The molecule has 2 aromatic rings. The topological polar surface area (TPSA) is 38.3 Å². The lowest BCUT2D eigenvalue weighted by Crippen LogP contribution is -2.14. The third kappa shape index (κ3) is 3.81. The van der Waals surface area contributed by atoms with E-state index >= 15 is 0 Å². The summed E-state index contributed by atoms with van der Waals surface area (Å²) < 4.78 is 18.0. The van der Waals surface area contributed by atoms with Gasteiger partial charge in [-0.15, -0.1) is 0 Å². The Morgan fingerprint density at radius 2 is 1.95 bits per heavy atom. The number of hydrogen-bond acceptors (Lipinski definition) is 2. The molecule has 0 fully saturated rings. The van der Waals surface area contributed by atoms with Gasteiger partial charge < -0.3 is 10.1 Å². The van der Waals surface area contributed by atoms with E-state index < -0.39 is 0 Å². The van der Waals surface area contributed by atoms with E-state index in [0.29, 0.717) is 5.69 Å². The number of benzene rings is 2. The number of carbonyl (C=O) groups excluding carboxylic acids is 1. The summed E-state index contributed by atoms with van der Waals surface area (Å²) in [5.41, 5.74) is 1.33. The molecule has 1 N–H and O–H groups in total. The Morgan fingerprint density at radius 3 is 2.58 bits per heavy atom. The van der Waals surface area contributed by atoms with Gasteiger partial charge in [0.15, 0.2) is 0 Å². The molecule has 0 bridgehead atoms. The highest BCUT2D eigenvalue weighted by molar-refractivity contribution is 5.92. The van der Waals surface area contributed by atoms with E-state index in [1.807, 2.05) is 12.1 Å². The van der Waals surface area contributed by atoms with Crippen molar-refractivity contribution in [1.29, 1.82) is 0 Å². The Balaban J connectivity index is 1.97. The SMILES string of the molecule is COc1ccc(CC(=O)Nc2cccc(F)c2)cc1. The Hall–Kier alpha value is -2.36. The van der Waals surface area contributed by atoms with Crippen molar-refractivity contribution in [3.05, 3.63) is 59.9 Å². The van der Waals surface area contributed by atoms with Gasteiger partial charge in [-0.05, 0) is 35.9 Å². The molecular formula is C15H14FNO2. The molecule has 0 aliphatic carbocycles. The van der Waals surface area contributed by atoms with Gasteiger partial charge in [-0.25, -0.2) is 4.39 Å². The van der Waals surface area contributed by atoms with Crippen LogP contribution in [0, 0.1) is 5.82 Å². The molecule has 98 valence electrons. The van der Waals surface area contributed by atoms with Crippen molar-refractivity contribution in [1.82, 2.24) is 0 Å². The zero-order chi connectivity index (χ0) is 13.7. The summed E-state index contributed by atoms with van der Waals surface area (Å²) in [6.07, 6.45) is 0.237. The van der Waals surface area contributed by atoms with Crippen molar-refractivity contribution in [2.45, 2.75) is 6.42 Å². The van der Waals surface area contributed by atoms with Crippen LogP contribution in [0.2, 0.25) is 0 Å². The number of ether oxygens (including phenoxy) is 1. The highest BCUT2D eigenvalue weighted by Gasteiger charge is 2.05. The van der Waals surface area contributed by atoms with Crippen LogP contribution in [-0.2, 0) is 11.2 Å². The number of anilines is 1. The molecule has 0 heterocycles. The maximum absolute atomic E-state index is 13.0. The normalized spacial score (nSPS) is 10.0. The van der Waals surface area contributed by atoms with Gasteiger partial charge in [0.1, 0.15) is 11.6 Å². The predicted octanol–water partition coefficient (Wildman–Crippen LogP) is 3.02. The first-order valence-corrected chi connectivity index (χ1v) is 5.86. The van der Waals surface area contributed by atoms with Gasteiger partial charge in [0.25, 0.3) is 0 Å². The van der Waals surface area contributed by atoms with Crippen LogP contribution in [0.4, 0.5) is 10.1 Å². The van der Waals surface area contributed by atoms with E-state index in [-0.39, 0.29) is 18.1 Å². The minimum atomic E-state index is -0.373. The van der Waals surface area contributed by atoms with Crippen molar-refractivity contribution >= 4 is 11.6 Å². The molecule has 1 amide bonds. The van der Waals surface area contributed by atoms with E-state index in [9.17, 15) is 9.18 Å². The summed E-state index contributed by atoms with van der Waals surface area (Å²) in [5.74, 6) is 0.187. The molecule has 2 rings (SSSR count). The largest absolute Gasteiger partial charge is 0.497 e. The van der Waals surface area contributed by atoms with Gasteiger partial charge in [-0.1, -0.05) is 18.2 Å². The lowest BCUT2D eigenvalue weighted by atomic mass is 10.1. The number of amides is 1. The molecule has 0 spiro atoms. The molecule has 2 aromatic carbocycles. The molecule has 3 nitrogen and oxygen atoms in total. The Labute approximate surface area is 111 Å². The van der Waals surface area contributed by atoms with Gasteiger partial charge in [0.2, 0.25) is 5.91 Å². The van der Waals surface area contributed by atoms with Gasteiger partial charge in [-0.2, -0.15) is 0 Å². The van der Waals surface area contributed by atoms with E-state index in [2.05, 4.69) is 5.32 Å². The third-order valence-electron chi connectivity index (χ3n) is 2.63. The van der Waals surface area contributed by atoms with E-state index in [4.69, 9.17) is 4.74 Å². The molecule has 0 aromatic heterocycles. The minimum Gasteiger partial charge on any atom is -0.497 e. The maximum atomic E-state index is 13.0. The highest BCUT2D eigenvalue weighted by atomic mass is 19.1. The van der Waals surface area contributed by atoms with Crippen LogP contribution in [0.15, 0.2) is 48.5 Å². The van der Waals surface area contributed by atoms with E-state index in [1.165, 1.54) is 12.1 Å². The van der Waals surface area contributed by atoms with Crippen LogP contribution in [0.3, 0.4) is 0 Å². The molecule has 0 atom stereocenters. The average Bonchev–Trinajstić information content (AvgIpc) is 2.39. The van der Waals surface area contributed by atoms with E-state index in [1.54, 1.807) is 31.4 Å².